The first-order valence-corrected chi connectivity index (χ1v) is 12.9. The molecule has 37 heavy (non-hydrogen) atoms. The number of benzene rings is 3. The van der Waals surface area contributed by atoms with E-state index in [1.807, 2.05) is 41.4 Å². The van der Waals surface area contributed by atoms with Gasteiger partial charge in [0.1, 0.15) is 5.65 Å². The smallest absolute Gasteiger partial charge is 0.223 e. The summed E-state index contributed by atoms with van der Waals surface area (Å²) in [5.41, 5.74) is 7.83. The summed E-state index contributed by atoms with van der Waals surface area (Å²) in [6, 6.07) is 33.2. The molecule has 0 aliphatic rings. The molecule has 4 nitrogen and oxygen atoms in total. The molecular formula is C33H33N3O. The maximum Gasteiger partial charge on any atom is 0.223 e. The van der Waals surface area contributed by atoms with E-state index in [0.29, 0.717) is 19.5 Å². The number of carbonyl (C=O) groups excluding carboxylic acids is 1. The van der Waals surface area contributed by atoms with Crippen molar-refractivity contribution in [3.63, 3.8) is 0 Å². The largest absolute Gasteiger partial charge is 0.338 e. The molecule has 2 heterocycles. The van der Waals surface area contributed by atoms with Gasteiger partial charge in [0.05, 0.1) is 5.69 Å². The minimum Gasteiger partial charge on any atom is -0.338 e. The zero-order valence-electron chi connectivity index (χ0n) is 21.5. The lowest BCUT2D eigenvalue weighted by atomic mass is 9.89. The third-order valence-electron chi connectivity index (χ3n) is 7.14. The van der Waals surface area contributed by atoms with E-state index in [1.165, 1.54) is 16.7 Å². The Morgan fingerprint density at radius 1 is 0.811 bits per heavy atom. The van der Waals surface area contributed by atoms with E-state index in [2.05, 4.69) is 91.2 Å². The van der Waals surface area contributed by atoms with Crippen LogP contribution in [0, 0.1) is 13.8 Å². The fourth-order valence-electron chi connectivity index (χ4n) is 5.09. The van der Waals surface area contributed by atoms with E-state index in [9.17, 15) is 4.79 Å². The number of aromatic nitrogens is 2. The van der Waals surface area contributed by atoms with E-state index in [-0.39, 0.29) is 11.8 Å². The maximum atomic E-state index is 14.1. The van der Waals surface area contributed by atoms with E-state index in [0.717, 1.165) is 28.9 Å². The summed E-state index contributed by atoms with van der Waals surface area (Å²) in [6.07, 6.45) is 5.20. The van der Waals surface area contributed by atoms with Crippen LogP contribution in [-0.2, 0) is 17.8 Å². The first kappa shape index (κ1) is 24.5. The van der Waals surface area contributed by atoms with E-state index >= 15 is 0 Å². The minimum absolute atomic E-state index is 0.0968. The number of fused-ring (bicyclic) bond motifs is 1. The predicted octanol–water partition coefficient (Wildman–Crippen LogP) is 6.74. The Morgan fingerprint density at radius 2 is 1.46 bits per heavy atom. The molecule has 1 amide bonds. The van der Waals surface area contributed by atoms with Crippen LogP contribution >= 0.6 is 0 Å². The topological polar surface area (TPSA) is 37.6 Å². The van der Waals surface area contributed by atoms with Crippen molar-refractivity contribution < 1.29 is 4.79 Å². The third kappa shape index (κ3) is 5.64. The second kappa shape index (κ2) is 11.3. The zero-order valence-corrected chi connectivity index (χ0v) is 21.5. The monoisotopic (exact) mass is 487 g/mol. The van der Waals surface area contributed by atoms with Gasteiger partial charge >= 0.3 is 0 Å². The van der Waals surface area contributed by atoms with Gasteiger partial charge in [-0.3, -0.25) is 4.79 Å². The molecule has 1 unspecified atom stereocenters. The van der Waals surface area contributed by atoms with Crippen LogP contribution in [0.15, 0.2) is 109 Å². The van der Waals surface area contributed by atoms with Crippen molar-refractivity contribution in [1.82, 2.24) is 14.3 Å². The first-order chi connectivity index (χ1) is 18.1. The van der Waals surface area contributed by atoms with Gasteiger partial charge in [-0.25, -0.2) is 4.98 Å². The van der Waals surface area contributed by atoms with Crippen molar-refractivity contribution in [2.45, 2.75) is 39.2 Å². The lowest BCUT2D eigenvalue weighted by Gasteiger charge is -2.26. The Labute approximate surface area is 219 Å². The van der Waals surface area contributed by atoms with Crippen molar-refractivity contribution in [3.8, 4) is 0 Å². The highest BCUT2D eigenvalue weighted by Gasteiger charge is 2.26. The summed E-state index contributed by atoms with van der Waals surface area (Å²) in [7, 11) is 0. The minimum atomic E-state index is -0.0968. The van der Waals surface area contributed by atoms with Crippen molar-refractivity contribution in [2.75, 3.05) is 6.54 Å². The Balaban J connectivity index is 1.48. The van der Waals surface area contributed by atoms with Crippen LogP contribution in [0.5, 0.6) is 0 Å². The van der Waals surface area contributed by atoms with Crippen LogP contribution in [-0.4, -0.2) is 26.7 Å². The van der Waals surface area contributed by atoms with Gasteiger partial charge in [0.2, 0.25) is 5.91 Å². The predicted molar refractivity (Wildman–Crippen MR) is 150 cm³/mol. The van der Waals surface area contributed by atoms with Crippen LogP contribution in [0.2, 0.25) is 0 Å². The summed E-state index contributed by atoms with van der Waals surface area (Å²) in [5.74, 6) is 0.0520. The van der Waals surface area contributed by atoms with Crippen molar-refractivity contribution in [2.24, 2.45) is 0 Å². The quantitative estimate of drug-likeness (QED) is 0.231. The van der Waals surface area contributed by atoms with Gasteiger partial charge in [0.25, 0.3) is 0 Å². The molecular weight excluding hydrogens is 454 g/mol. The number of hydrogen-bond donors (Lipinski definition) is 0. The Kier molecular flexibility index (Phi) is 7.46. The molecule has 0 N–H and O–H groups in total. The van der Waals surface area contributed by atoms with Gasteiger partial charge in [-0.1, -0.05) is 91.0 Å². The second-order valence-electron chi connectivity index (χ2n) is 9.72. The first-order valence-electron chi connectivity index (χ1n) is 12.9. The molecule has 0 radical (unpaired) electrons. The molecule has 4 heteroatoms. The van der Waals surface area contributed by atoms with E-state index in [4.69, 9.17) is 4.98 Å². The summed E-state index contributed by atoms with van der Waals surface area (Å²) in [5, 5.41) is 0. The van der Waals surface area contributed by atoms with Crippen LogP contribution < -0.4 is 0 Å². The molecule has 0 bridgehead atoms. The van der Waals surface area contributed by atoms with Gasteiger partial charge in [-0.05, 0) is 54.2 Å². The summed E-state index contributed by atoms with van der Waals surface area (Å²) in [6.45, 7) is 5.47. The normalized spacial score (nSPS) is 11.9. The third-order valence-corrected chi connectivity index (χ3v) is 7.14. The molecule has 0 spiro atoms. The van der Waals surface area contributed by atoms with Crippen LogP contribution in [0.3, 0.4) is 0 Å². The molecule has 0 aliphatic carbocycles. The number of amides is 1. The van der Waals surface area contributed by atoms with Crippen LogP contribution in [0.1, 0.15) is 45.8 Å². The van der Waals surface area contributed by atoms with Crippen molar-refractivity contribution in [1.29, 1.82) is 0 Å². The number of imidazole rings is 1. The molecule has 186 valence electrons. The van der Waals surface area contributed by atoms with Gasteiger partial charge < -0.3 is 9.30 Å². The fourth-order valence-corrected chi connectivity index (χ4v) is 5.09. The number of rotatable bonds is 9. The second-order valence-corrected chi connectivity index (χ2v) is 9.72. The van der Waals surface area contributed by atoms with Crippen LogP contribution in [0.25, 0.3) is 5.65 Å². The fraction of sp³-hybridized carbons (Fsp3) is 0.212. The van der Waals surface area contributed by atoms with E-state index in [1.54, 1.807) is 0 Å². The molecule has 0 fully saturated rings. The van der Waals surface area contributed by atoms with Gasteiger partial charge in [0.15, 0.2) is 0 Å². The lowest BCUT2D eigenvalue weighted by molar-refractivity contribution is -0.132. The number of hydrogen-bond acceptors (Lipinski definition) is 2. The Morgan fingerprint density at radius 3 is 2.19 bits per heavy atom. The molecule has 5 aromatic rings. The van der Waals surface area contributed by atoms with E-state index < -0.39 is 0 Å². The molecule has 1 atom stereocenters. The van der Waals surface area contributed by atoms with Crippen molar-refractivity contribution >= 4 is 11.6 Å². The number of carbonyl (C=O) groups is 1. The standard InChI is InChI=1S/C33H33N3O/c1-25-12-9-10-18-29(25)30(31-23-34-33-26(2)13-11-20-36(31)33)22-32(37)35(24-28-16-7-4-8-17-28)21-19-27-14-5-3-6-15-27/h3-18,20,23,30H,19,21-22,24H2,1-2H3. The molecule has 0 saturated heterocycles. The van der Waals surface area contributed by atoms with Crippen LogP contribution in [0.4, 0.5) is 0 Å². The maximum absolute atomic E-state index is 14.1. The molecule has 0 saturated carbocycles. The van der Waals surface area contributed by atoms with Gasteiger partial charge in [-0.2, -0.15) is 0 Å². The molecule has 2 aromatic heterocycles. The zero-order chi connectivity index (χ0) is 25.6. The lowest BCUT2D eigenvalue weighted by Crippen LogP contribution is -2.33. The summed E-state index contributed by atoms with van der Waals surface area (Å²) >= 11 is 0. The molecule has 0 aliphatic heterocycles. The SMILES string of the molecule is Cc1ccccc1C(CC(=O)N(CCc1ccccc1)Cc1ccccc1)c1cnc2c(C)cccn12. The number of pyridine rings is 1. The number of nitrogens with zero attached hydrogens (tertiary/aromatic N) is 3. The summed E-state index contributed by atoms with van der Waals surface area (Å²) in [4.78, 5) is 20.8. The molecule has 5 rings (SSSR count). The highest BCUT2D eigenvalue weighted by Crippen LogP contribution is 2.32. The molecule has 3 aromatic carbocycles. The average molecular weight is 488 g/mol. The highest BCUT2D eigenvalue weighted by atomic mass is 16.2. The summed E-state index contributed by atoms with van der Waals surface area (Å²) < 4.78 is 2.14. The van der Waals surface area contributed by atoms with Crippen molar-refractivity contribution in [3.05, 3.63) is 143 Å². The van der Waals surface area contributed by atoms with Gasteiger partial charge in [0, 0.05) is 37.8 Å². The Bertz CT molecular complexity index is 1470. The highest BCUT2D eigenvalue weighted by molar-refractivity contribution is 5.78. The Hall–Kier alpha value is -4.18. The van der Waals surface area contributed by atoms with Gasteiger partial charge in [-0.15, -0.1) is 0 Å². The number of aryl methyl sites for hydroxylation is 2. The average Bonchev–Trinajstić information content (AvgIpc) is 3.36.